The summed E-state index contributed by atoms with van der Waals surface area (Å²) in [7, 11) is 1.70. The first kappa shape index (κ1) is 13.7. The topological polar surface area (TPSA) is 48.1 Å². The Labute approximate surface area is 118 Å². The maximum absolute atomic E-state index is 5.67. The highest BCUT2D eigenvalue weighted by Gasteiger charge is 2.09. The van der Waals surface area contributed by atoms with Crippen LogP contribution in [0.3, 0.4) is 0 Å². The molecule has 1 aromatic carbocycles. The lowest BCUT2D eigenvalue weighted by Gasteiger charge is -2.12. The molecule has 2 N–H and O–H groups in total. The van der Waals surface area contributed by atoms with Gasteiger partial charge < -0.3 is 10.5 Å². The maximum atomic E-state index is 5.67. The van der Waals surface area contributed by atoms with Crippen LogP contribution in [0.15, 0.2) is 35.4 Å². The van der Waals surface area contributed by atoms with Crippen LogP contribution in [0.4, 0.5) is 5.69 Å². The van der Waals surface area contributed by atoms with Gasteiger partial charge in [-0.1, -0.05) is 0 Å². The summed E-state index contributed by atoms with van der Waals surface area (Å²) in [5, 5.41) is 0. The van der Waals surface area contributed by atoms with Gasteiger partial charge in [0, 0.05) is 33.7 Å². The van der Waals surface area contributed by atoms with Gasteiger partial charge >= 0.3 is 0 Å². The molecule has 0 aliphatic heterocycles. The monoisotopic (exact) mass is 274 g/mol. The van der Waals surface area contributed by atoms with Gasteiger partial charge in [0.1, 0.15) is 5.75 Å². The molecule has 2 rings (SSSR count). The van der Waals surface area contributed by atoms with E-state index < -0.39 is 0 Å². The number of aromatic nitrogens is 1. The summed E-state index contributed by atoms with van der Waals surface area (Å²) in [5.41, 5.74) is 9.71. The number of aryl methyl sites for hydroxylation is 1. The predicted octanol–water partition coefficient (Wildman–Crippen LogP) is 3.58. The summed E-state index contributed by atoms with van der Waals surface area (Å²) in [5.74, 6) is 1.76. The first-order valence-corrected chi connectivity index (χ1v) is 7.07. The lowest BCUT2D eigenvalue weighted by Crippen LogP contribution is -1.98. The van der Waals surface area contributed by atoms with Gasteiger partial charge in [-0.25, -0.2) is 0 Å². The Bertz CT molecular complexity index is 567. The van der Waals surface area contributed by atoms with E-state index in [2.05, 4.69) is 11.9 Å². The van der Waals surface area contributed by atoms with Gasteiger partial charge in [-0.05, 0) is 38.1 Å². The third-order valence-corrected chi connectivity index (χ3v) is 4.03. The molecule has 0 amide bonds. The molecular weight excluding hydrogens is 256 g/mol. The molecule has 0 saturated carbocycles. The number of anilines is 1. The van der Waals surface area contributed by atoms with Crippen molar-refractivity contribution in [2.75, 3.05) is 12.8 Å². The minimum atomic E-state index is 0.788. The zero-order valence-electron chi connectivity index (χ0n) is 11.4. The Kier molecular flexibility index (Phi) is 4.32. The largest absolute Gasteiger partial charge is 0.496 e. The number of methoxy groups -OCH3 is 1. The maximum Gasteiger partial charge on any atom is 0.128 e. The van der Waals surface area contributed by atoms with Crippen molar-refractivity contribution < 1.29 is 4.74 Å². The second-order valence-electron chi connectivity index (χ2n) is 4.40. The van der Waals surface area contributed by atoms with Crippen LogP contribution in [0, 0.1) is 13.8 Å². The van der Waals surface area contributed by atoms with Crippen LogP contribution in [0.25, 0.3) is 0 Å². The van der Waals surface area contributed by atoms with Gasteiger partial charge in [0.05, 0.1) is 12.8 Å². The first-order valence-electron chi connectivity index (χ1n) is 6.09. The van der Waals surface area contributed by atoms with Crippen LogP contribution in [-0.2, 0) is 5.75 Å². The molecule has 0 radical (unpaired) electrons. The van der Waals surface area contributed by atoms with Crippen molar-refractivity contribution in [1.29, 1.82) is 0 Å². The van der Waals surface area contributed by atoms with Gasteiger partial charge in [0.25, 0.3) is 0 Å². The highest BCUT2D eigenvalue weighted by atomic mass is 32.2. The molecular formula is C15H18N2OS. The summed E-state index contributed by atoms with van der Waals surface area (Å²) >= 11 is 1.75. The number of benzene rings is 1. The van der Waals surface area contributed by atoms with Gasteiger partial charge in [0.2, 0.25) is 0 Å². The van der Waals surface area contributed by atoms with Gasteiger partial charge in [0.15, 0.2) is 0 Å². The average Bonchev–Trinajstić information content (AvgIpc) is 2.40. The Balaban J connectivity index is 2.13. The smallest absolute Gasteiger partial charge is 0.128 e. The van der Waals surface area contributed by atoms with Gasteiger partial charge in [-0.2, -0.15) is 0 Å². The standard InChI is InChI=1S/C15H18N2OS/c1-10-8-17-14(11(2)15(10)18-3)9-19-13-6-4-12(16)5-7-13/h4-8H,9,16H2,1-3H3. The van der Waals surface area contributed by atoms with Gasteiger partial charge in [-0.15, -0.1) is 11.8 Å². The molecule has 0 atom stereocenters. The van der Waals surface area contributed by atoms with Crippen molar-refractivity contribution in [2.24, 2.45) is 0 Å². The molecule has 1 heterocycles. The van der Waals surface area contributed by atoms with E-state index in [4.69, 9.17) is 10.5 Å². The van der Waals surface area contributed by atoms with Crippen LogP contribution < -0.4 is 10.5 Å². The second-order valence-corrected chi connectivity index (χ2v) is 5.45. The molecule has 0 saturated heterocycles. The van der Waals surface area contributed by atoms with Crippen LogP contribution in [-0.4, -0.2) is 12.1 Å². The van der Waals surface area contributed by atoms with E-state index in [1.54, 1.807) is 18.9 Å². The highest BCUT2D eigenvalue weighted by molar-refractivity contribution is 7.98. The number of thioether (sulfide) groups is 1. The quantitative estimate of drug-likeness (QED) is 0.684. The van der Waals surface area contributed by atoms with Crippen LogP contribution in [0.1, 0.15) is 16.8 Å². The average molecular weight is 274 g/mol. The number of ether oxygens (including phenoxy) is 1. The Morgan fingerprint density at radius 3 is 2.53 bits per heavy atom. The van der Waals surface area contributed by atoms with E-state index in [0.29, 0.717) is 0 Å². The summed E-state index contributed by atoms with van der Waals surface area (Å²) in [6, 6.07) is 7.89. The highest BCUT2D eigenvalue weighted by Crippen LogP contribution is 2.29. The molecule has 0 fully saturated rings. The molecule has 0 aliphatic rings. The molecule has 2 aromatic rings. The van der Waals surface area contributed by atoms with Crippen molar-refractivity contribution in [3.05, 3.63) is 47.3 Å². The van der Waals surface area contributed by atoms with E-state index >= 15 is 0 Å². The molecule has 1 aromatic heterocycles. The Morgan fingerprint density at radius 2 is 1.89 bits per heavy atom. The summed E-state index contributed by atoms with van der Waals surface area (Å²) in [6.45, 7) is 4.06. The second kappa shape index (κ2) is 5.97. The predicted molar refractivity (Wildman–Crippen MR) is 80.7 cm³/mol. The van der Waals surface area contributed by atoms with Crippen LogP contribution >= 0.6 is 11.8 Å². The van der Waals surface area contributed by atoms with Crippen molar-refractivity contribution in [2.45, 2.75) is 24.5 Å². The normalized spacial score (nSPS) is 10.5. The van der Waals surface area contributed by atoms with Crippen LogP contribution in [0.2, 0.25) is 0 Å². The molecule has 3 nitrogen and oxygen atoms in total. The third-order valence-electron chi connectivity index (χ3n) is 3.01. The zero-order valence-corrected chi connectivity index (χ0v) is 12.3. The molecule has 0 aliphatic carbocycles. The van der Waals surface area contributed by atoms with Crippen molar-refractivity contribution in [1.82, 2.24) is 4.98 Å². The summed E-state index contributed by atoms with van der Waals surface area (Å²) < 4.78 is 5.42. The number of hydrogen-bond donors (Lipinski definition) is 1. The molecule has 0 bridgehead atoms. The number of rotatable bonds is 4. The molecule has 4 heteroatoms. The van der Waals surface area contributed by atoms with E-state index in [1.165, 1.54) is 4.90 Å². The van der Waals surface area contributed by atoms with E-state index in [9.17, 15) is 0 Å². The van der Waals surface area contributed by atoms with Crippen molar-refractivity contribution in [3.63, 3.8) is 0 Å². The molecule has 0 unspecified atom stereocenters. The van der Waals surface area contributed by atoms with Crippen molar-refractivity contribution in [3.8, 4) is 5.75 Å². The molecule has 19 heavy (non-hydrogen) atoms. The SMILES string of the molecule is COc1c(C)cnc(CSc2ccc(N)cc2)c1C. The fraction of sp³-hybridized carbons (Fsp3) is 0.267. The number of hydrogen-bond acceptors (Lipinski definition) is 4. The van der Waals surface area contributed by atoms with Crippen LogP contribution in [0.5, 0.6) is 5.75 Å². The fourth-order valence-corrected chi connectivity index (χ4v) is 2.86. The minimum Gasteiger partial charge on any atom is -0.496 e. The minimum absolute atomic E-state index is 0.788. The molecule has 0 spiro atoms. The van der Waals surface area contributed by atoms with E-state index in [1.807, 2.05) is 37.4 Å². The van der Waals surface area contributed by atoms with Crippen molar-refractivity contribution >= 4 is 17.4 Å². The van der Waals surface area contributed by atoms with Gasteiger partial charge in [-0.3, -0.25) is 4.98 Å². The zero-order chi connectivity index (χ0) is 13.8. The summed E-state index contributed by atoms with van der Waals surface area (Å²) in [6.07, 6.45) is 1.87. The first-order chi connectivity index (χ1) is 9.11. The number of nitrogen functional groups attached to an aromatic ring is 1. The molecule has 100 valence electrons. The fourth-order valence-electron chi connectivity index (χ4n) is 1.93. The lowest BCUT2D eigenvalue weighted by atomic mass is 10.1. The Hall–Kier alpha value is -1.68. The Morgan fingerprint density at radius 1 is 1.21 bits per heavy atom. The van der Waals surface area contributed by atoms with E-state index in [-0.39, 0.29) is 0 Å². The van der Waals surface area contributed by atoms with E-state index in [0.717, 1.165) is 34.0 Å². The lowest BCUT2D eigenvalue weighted by molar-refractivity contribution is 0.407. The number of nitrogens with zero attached hydrogens (tertiary/aromatic N) is 1. The third kappa shape index (κ3) is 3.20. The number of nitrogens with two attached hydrogens (primary N) is 1. The summed E-state index contributed by atoms with van der Waals surface area (Å²) in [4.78, 5) is 5.68. The number of pyridine rings is 1.